The lowest BCUT2D eigenvalue weighted by Crippen LogP contribution is -2.07. The SMILES string of the molecule is SC1CCCC/C=C2\CC2C(CBr)CCC1. The van der Waals surface area contributed by atoms with Gasteiger partial charge in [-0.1, -0.05) is 40.4 Å². The lowest BCUT2D eigenvalue weighted by atomic mass is 9.96. The molecule has 92 valence electrons. The summed E-state index contributed by atoms with van der Waals surface area (Å²) in [6.45, 7) is 0. The van der Waals surface area contributed by atoms with Crippen LogP contribution in [0, 0.1) is 11.8 Å². The maximum Gasteiger partial charge on any atom is 0.00655 e. The van der Waals surface area contributed by atoms with Crippen LogP contribution in [0.15, 0.2) is 11.6 Å². The van der Waals surface area contributed by atoms with E-state index >= 15 is 0 Å². The molecule has 0 aliphatic heterocycles. The average Bonchev–Trinajstić information content (AvgIpc) is 3.01. The number of thiol groups is 1. The van der Waals surface area contributed by atoms with Crippen molar-refractivity contribution in [1.29, 1.82) is 0 Å². The molecule has 3 atom stereocenters. The Bertz CT molecular complexity index is 249. The maximum absolute atomic E-state index is 4.69. The van der Waals surface area contributed by atoms with E-state index in [0.717, 1.165) is 11.8 Å². The van der Waals surface area contributed by atoms with Crippen LogP contribution in [0.3, 0.4) is 0 Å². The van der Waals surface area contributed by atoms with Gasteiger partial charge in [0.15, 0.2) is 0 Å². The summed E-state index contributed by atoms with van der Waals surface area (Å²) in [5, 5.41) is 1.84. The van der Waals surface area contributed by atoms with Gasteiger partial charge in [0, 0.05) is 10.6 Å². The molecule has 2 rings (SSSR count). The van der Waals surface area contributed by atoms with E-state index in [4.69, 9.17) is 0 Å². The van der Waals surface area contributed by atoms with E-state index in [9.17, 15) is 0 Å². The van der Waals surface area contributed by atoms with Crippen molar-refractivity contribution >= 4 is 28.6 Å². The molecule has 2 aliphatic rings. The summed E-state index contributed by atoms with van der Waals surface area (Å²) < 4.78 is 0. The molecule has 3 unspecified atom stereocenters. The molecule has 0 spiro atoms. The fourth-order valence-corrected chi connectivity index (χ4v) is 4.00. The van der Waals surface area contributed by atoms with Crippen molar-refractivity contribution in [3.8, 4) is 0 Å². The van der Waals surface area contributed by atoms with Gasteiger partial charge in [-0.25, -0.2) is 0 Å². The van der Waals surface area contributed by atoms with Gasteiger partial charge in [-0.15, -0.1) is 0 Å². The third-order valence-corrected chi connectivity index (χ3v) is 5.40. The molecule has 0 aromatic carbocycles. The Balaban J connectivity index is 1.89. The Morgan fingerprint density at radius 2 is 2.00 bits per heavy atom. The van der Waals surface area contributed by atoms with Crippen LogP contribution in [0.4, 0.5) is 0 Å². The maximum atomic E-state index is 4.69. The van der Waals surface area contributed by atoms with Crippen molar-refractivity contribution in [1.82, 2.24) is 0 Å². The largest absolute Gasteiger partial charge is 0.176 e. The van der Waals surface area contributed by atoms with Crippen molar-refractivity contribution in [3.63, 3.8) is 0 Å². The Morgan fingerprint density at radius 1 is 1.19 bits per heavy atom. The highest BCUT2D eigenvalue weighted by Gasteiger charge is 2.35. The summed E-state index contributed by atoms with van der Waals surface area (Å²) in [4.78, 5) is 0. The highest BCUT2D eigenvalue weighted by molar-refractivity contribution is 9.09. The number of halogens is 1. The van der Waals surface area contributed by atoms with Gasteiger partial charge in [0.1, 0.15) is 0 Å². The minimum atomic E-state index is 0.651. The lowest BCUT2D eigenvalue weighted by molar-refractivity contribution is 0.457. The highest BCUT2D eigenvalue weighted by atomic mass is 79.9. The van der Waals surface area contributed by atoms with Crippen molar-refractivity contribution in [2.45, 2.75) is 56.6 Å². The molecule has 2 heteroatoms. The van der Waals surface area contributed by atoms with E-state index in [2.05, 4.69) is 34.6 Å². The van der Waals surface area contributed by atoms with Crippen molar-refractivity contribution in [3.05, 3.63) is 11.6 Å². The van der Waals surface area contributed by atoms with E-state index < -0.39 is 0 Å². The topological polar surface area (TPSA) is 0 Å². The molecule has 0 heterocycles. The molecular formula is C14H23BrS. The van der Waals surface area contributed by atoms with Gasteiger partial charge in [-0.2, -0.15) is 12.6 Å². The molecule has 16 heavy (non-hydrogen) atoms. The summed E-state index contributed by atoms with van der Waals surface area (Å²) in [5.41, 5.74) is 1.76. The van der Waals surface area contributed by atoms with Crippen LogP contribution in [-0.2, 0) is 0 Å². The smallest absolute Gasteiger partial charge is 0.00655 e. The van der Waals surface area contributed by atoms with E-state index in [1.54, 1.807) is 5.57 Å². The molecule has 0 saturated heterocycles. The van der Waals surface area contributed by atoms with Crippen LogP contribution in [-0.4, -0.2) is 10.6 Å². The number of fused-ring (bicyclic) bond motifs is 1. The predicted octanol–water partition coefficient (Wildman–Crippen LogP) is 4.99. The average molecular weight is 303 g/mol. The first-order valence-corrected chi connectivity index (χ1v) is 8.38. The zero-order valence-corrected chi connectivity index (χ0v) is 12.5. The first kappa shape index (κ1) is 13.0. The van der Waals surface area contributed by atoms with Crippen LogP contribution in [0.1, 0.15) is 51.4 Å². The Morgan fingerprint density at radius 3 is 2.81 bits per heavy atom. The number of alkyl halides is 1. The highest BCUT2D eigenvalue weighted by Crippen LogP contribution is 2.46. The normalized spacial score (nSPS) is 39.9. The Labute approximate surface area is 114 Å². The number of hydrogen-bond donors (Lipinski definition) is 1. The summed E-state index contributed by atoms with van der Waals surface area (Å²) >= 11 is 8.37. The van der Waals surface area contributed by atoms with Gasteiger partial charge >= 0.3 is 0 Å². The third-order valence-electron chi connectivity index (χ3n) is 4.05. The Hall–Kier alpha value is 0.570. The van der Waals surface area contributed by atoms with Gasteiger partial charge in [0.2, 0.25) is 0 Å². The quantitative estimate of drug-likeness (QED) is 0.394. The van der Waals surface area contributed by atoms with Crippen molar-refractivity contribution in [2.24, 2.45) is 11.8 Å². The molecule has 0 aromatic rings. The molecule has 0 nitrogen and oxygen atoms in total. The second-order valence-corrected chi connectivity index (χ2v) is 6.75. The third kappa shape index (κ3) is 3.80. The second-order valence-electron chi connectivity index (χ2n) is 5.37. The second kappa shape index (κ2) is 6.49. The fourth-order valence-electron chi connectivity index (χ4n) is 2.86. The summed E-state index contributed by atoms with van der Waals surface area (Å²) in [7, 11) is 0. The molecule has 0 amide bonds. The summed E-state index contributed by atoms with van der Waals surface area (Å²) in [5.74, 6) is 1.82. The van der Waals surface area contributed by atoms with Gasteiger partial charge in [0.05, 0.1) is 0 Å². The first-order chi connectivity index (χ1) is 7.81. The van der Waals surface area contributed by atoms with E-state index in [1.165, 1.54) is 56.7 Å². The van der Waals surface area contributed by atoms with Crippen LogP contribution in [0.2, 0.25) is 0 Å². The molecular weight excluding hydrogens is 280 g/mol. The van der Waals surface area contributed by atoms with Crippen LogP contribution in [0.5, 0.6) is 0 Å². The lowest BCUT2D eigenvalue weighted by Gasteiger charge is -2.15. The standard InChI is InChI=1S/C14H23BrS/c15-10-12-6-4-8-13(16)7-3-1-2-5-11-9-14(11)12/h5,12-14,16H,1-4,6-10H2/b11-5+. The van der Waals surface area contributed by atoms with E-state index in [1.807, 2.05) is 0 Å². The molecule has 0 aromatic heterocycles. The summed E-state index contributed by atoms with van der Waals surface area (Å²) in [6, 6.07) is 0. The van der Waals surface area contributed by atoms with E-state index in [-0.39, 0.29) is 0 Å². The molecule has 1 fully saturated rings. The molecule has 0 bridgehead atoms. The van der Waals surface area contributed by atoms with Gasteiger partial charge in [0.25, 0.3) is 0 Å². The molecule has 0 N–H and O–H groups in total. The molecule has 0 radical (unpaired) electrons. The van der Waals surface area contributed by atoms with Crippen LogP contribution < -0.4 is 0 Å². The number of hydrogen-bond acceptors (Lipinski definition) is 1. The summed E-state index contributed by atoms with van der Waals surface area (Å²) in [6.07, 6.45) is 13.3. The first-order valence-electron chi connectivity index (χ1n) is 6.74. The minimum Gasteiger partial charge on any atom is -0.176 e. The fraction of sp³-hybridized carbons (Fsp3) is 0.857. The van der Waals surface area contributed by atoms with E-state index in [0.29, 0.717) is 5.25 Å². The van der Waals surface area contributed by atoms with Crippen molar-refractivity contribution in [2.75, 3.05) is 5.33 Å². The monoisotopic (exact) mass is 302 g/mol. The zero-order valence-electron chi connectivity index (χ0n) is 10.00. The van der Waals surface area contributed by atoms with Crippen molar-refractivity contribution < 1.29 is 0 Å². The van der Waals surface area contributed by atoms with Crippen LogP contribution in [0.25, 0.3) is 0 Å². The minimum absolute atomic E-state index is 0.651. The zero-order chi connectivity index (χ0) is 11.4. The van der Waals surface area contributed by atoms with Gasteiger partial charge in [-0.05, 0) is 50.4 Å². The molecule has 2 aliphatic carbocycles. The van der Waals surface area contributed by atoms with Gasteiger partial charge in [-0.3, -0.25) is 0 Å². The number of rotatable bonds is 1. The Kier molecular flexibility index (Phi) is 5.28. The van der Waals surface area contributed by atoms with Gasteiger partial charge < -0.3 is 0 Å². The molecule has 1 saturated carbocycles. The number of allylic oxidation sites excluding steroid dienone is 2. The predicted molar refractivity (Wildman–Crippen MR) is 78.6 cm³/mol. The van der Waals surface area contributed by atoms with Crippen LogP contribution >= 0.6 is 28.6 Å².